The number of fused-ring (bicyclic) bond motifs is 4. The molecule has 41 heavy (non-hydrogen) atoms. The lowest BCUT2D eigenvalue weighted by atomic mass is 9.76. The van der Waals surface area contributed by atoms with Gasteiger partial charge >= 0.3 is 0 Å². The van der Waals surface area contributed by atoms with Gasteiger partial charge in [-0.15, -0.1) is 0 Å². The van der Waals surface area contributed by atoms with E-state index in [-0.39, 0.29) is 10.8 Å². The fourth-order valence-electron chi connectivity index (χ4n) is 7.31. The Morgan fingerprint density at radius 3 is 2.32 bits per heavy atom. The van der Waals surface area contributed by atoms with Crippen molar-refractivity contribution in [1.82, 2.24) is 0 Å². The van der Waals surface area contributed by atoms with E-state index in [1.807, 2.05) is 0 Å². The molecule has 2 heterocycles. The summed E-state index contributed by atoms with van der Waals surface area (Å²) in [7, 11) is 2.23. The average molecular weight is 540 g/mol. The highest BCUT2D eigenvalue weighted by atomic mass is 15.2. The minimum absolute atomic E-state index is 0.0735. The van der Waals surface area contributed by atoms with E-state index in [2.05, 4.69) is 153 Å². The maximum absolute atomic E-state index is 2.61. The molecule has 0 saturated heterocycles. The molecule has 1 atom stereocenters. The van der Waals surface area contributed by atoms with Crippen LogP contribution in [0.2, 0.25) is 0 Å². The van der Waals surface area contributed by atoms with Crippen molar-refractivity contribution in [3.8, 4) is 0 Å². The fraction of sp³-hybridized carbons (Fsp3) is 0.308. The summed E-state index contributed by atoms with van der Waals surface area (Å²) in [5.41, 5.74) is 9.47. The second-order valence-electron chi connectivity index (χ2n) is 12.5. The first kappa shape index (κ1) is 27.3. The van der Waals surface area contributed by atoms with Crippen molar-refractivity contribution in [3.05, 3.63) is 132 Å². The number of rotatable bonds is 8. The van der Waals surface area contributed by atoms with Gasteiger partial charge in [0, 0.05) is 35.0 Å². The maximum Gasteiger partial charge on any atom is 0.217 e. The van der Waals surface area contributed by atoms with Crippen molar-refractivity contribution in [2.45, 2.75) is 64.2 Å². The Morgan fingerprint density at radius 1 is 0.780 bits per heavy atom. The smallest absolute Gasteiger partial charge is 0.217 e. The number of anilines is 1. The molecule has 0 N–H and O–H groups in total. The first-order valence-corrected chi connectivity index (χ1v) is 15.3. The second kappa shape index (κ2) is 10.8. The van der Waals surface area contributed by atoms with Gasteiger partial charge in [0.05, 0.1) is 10.8 Å². The zero-order valence-electron chi connectivity index (χ0n) is 25.3. The van der Waals surface area contributed by atoms with Gasteiger partial charge in [0.2, 0.25) is 5.69 Å². The van der Waals surface area contributed by atoms with E-state index < -0.39 is 0 Å². The maximum atomic E-state index is 2.61. The topological polar surface area (TPSA) is 6.25 Å². The molecule has 4 aromatic carbocycles. The largest absolute Gasteiger partial charge is 0.344 e. The Balaban J connectivity index is 1.44. The molecule has 0 radical (unpaired) electrons. The van der Waals surface area contributed by atoms with Crippen LogP contribution in [0.4, 0.5) is 11.4 Å². The van der Waals surface area contributed by atoms with Crippen LogP contribution in [0.1, 0.15) is 63.6 Å². The van der Waals surface area contributed by atoms with Crippen LogP contribution in [-0.2, 0) is 17.3 Å². The zero-order valence-corrected chi connectivity index (χ0v) is 25.3. The SMILES string of the molecule is CCCCCN1C(=CC=CC2=[N+](C)c3c(ccc4ccccc34)C2(C)C)C(C)(Cc2ccccc2)c2ccccc21. The van der Waals surface area contributed by atoms with E-state index in [0.29, 0.717) is 0 Å². The molecule has 1 unspecified atom stereocenters. The third-order valence-corrected chi connectivity index (χ3v) is 9.45. The van der Waals surface area contributed by atoms with E-state index in [0.717, 1.165) is 13.0 Å². The van der Waals surface area contributed by atoms with Crippen LogP contribution < -0.4 is 4.90 Å². The molecule has 0 amide bonds. The van der Waals surface area contributed by atoms with Gasteiger partial charge in [-0.05, 0) is 68.3 Å². The van der Waals surface area contributed by atoms with Gasteiger partial charge in [-0.3, -0.25) is 0 Å². The summed E-state index contributed by atoms with van der Waals surface area (Å²) in [6, 6.07) is 33.4. The summed E-state index contributed by atoms with van der Waals surface area (Å²) in [6.07, 6.45) is 11.7. The normalized spacial score (nSPS) is 20.4. The molecule has 0 aromatic heterocycles. The van der Waals surface area contributed by atoms with Crippen LogP contribution in [0.5, 0.6) is 0 Å². The Kier molecular flexibility index (Phi) is 7.20. The van der Waals surface area contributed by atoms with Crippen molar-refractivity contribution < 1.29 is 4.58 Å². The Morgan fingerprint density at radius 2 is 1.51 bits per heavy atom. The fourth-order valence-corrected chi connectivity index (χ4v) is 7.31. The van der Waals surface area contributed by atoms with Crippen molar-refractivity contribution in [2.75, 3.05) is 18.5 Å². The highest BCUT2D eigenvalue weighted by molar-refractivity contribution is 6.07. The molecule has 6 rings (SSSR count). The molecule has 0 bridgehead atoms. The molecule has 2 aliphatic rings. The van der Waals surface area contributed by atoms with Gasteiger partial charge in [-0.2, -0.15) is 4.58 Å². The van der Waals surface area contributed by atoms with Crippen LogP contribution in [0, 0.1) is 0 Å². The summed E-state index contributed by atoms with van der Waals surface area (Å²) in [6.45, 7) is 10.5. The van der Waals surface area contributed by atoms with Gasteiger partial charge in [-0.1, -0.05) is 105 Å². The van der Waals surface area contributed by atoms with E-state index >= 15 is 0 Å². The van der Waals surface area contributed by atoms with Gasteiger partial charge in [0.25, 0.3) is 0 Å². The lowest BCUT2D eigenvalue weighted by molar-refractivity contribution is -0.399. The van der Waals surface area contributed by atoms with Crippen molar-refractivity contribution in [3.63, 3.8) is 0 Å². The first-order valence-electron chi connectivity index (χ1n) is 15.3. The predicted octanol–water partition coefficient (Wildman–Crippen LogP) is 9.50. The van der Waals surface area contributed by atoms with Crippen molar-refractivity contribution in [1.29, 1.82) is 0 Å². The van der Waals surface area contributed by atoms with E-state index in [9.17, 15) is 0 Å². The molecule has 4 aromatic rings. The summed E-state index contributed by atoms with van der Waals surface area (Å²) in [4.78, 5) is 2.61. The number of para-hydroxylation sites is 1. The summed E-state index contributed by atoms with van der Waals surface area (Å²) in [5.74, 6) is 0. The monoisotopic (exact) mass is 539 g/mol. The number of unbranched alkanes of at least 4 members (excludes halogenated alkanes) is 2. The molecule has 0 aliphatic carbocycles. The third-order valence-electron chi connectivity index (χ3n) is 9.45. The molecule has 2 heteroatoms. The van der Waals surface area contributed by atoms with E-state index in [1.54, 1.807) is 0 Å². The van der Waals surface area contributed by atoms with Crippen LogP contribution in [0.15, 0.2) is 115 Å². The van der Waals surface area contributed by atoms with Crippen LogP contribution >= 0.6 is 0 Å². The minimum atomic E-state index is -0.102. The third kappa shape index (κ3) is 4.64. The molecule has 0 fully saturated rings. The molecule has 0 saturated carbocycles. The number of hydrogen-bond acceptors (Lipinski definition) is 1. The predicted molar refractivity (Wildman–Crippen MR) is 176 cm³/mol. The molecular weight excluding hydrogens is 496 g/mol. The summed E-state index contributed by atoms with van der Waals surface area (Å²) >= 11 is 0. The highest BCUT2D eigenvalue weighted by Crippen LogP contribution is 2.50. The number of hydrogen-bond donors (Lipinski definition) is 0. The van der Waals surface area contributed by atoms with Crippen LogP contribution in [0.3, 0.4) is 0 Å². The Bertz CT molecular complexity index is 1670. The lowest BCUT2D eigenvalue weighted by Gasteiger charge is -2.30. The minimum Gasteiger partial charge on any atom is -0.344 e. The molecule has 0 spiro atoms. The molecule has 2 nitrogen and oxygen atoms in total. The van der Waals surface area contributed by atoms with E-state index in [4.69, 9.17) is 0 Å². The lowest BCUT2D eigenvalue weighted by Crippen LogP contribution is -2.31. The number of benzene rings is 4. The Labute approximate surface area is 246 Å². The number of allylic oxidation sites excluding steroid dienone is 4. The zero-order chi connectivity index (χ0) is 28.6. The van der Waals surface area contributed by atoms with Crippen molar-refractivity contribution in [2.24, 2.45) is 0 Å². The summed E-state index contributed by atoms with van der Waals surface area (Å²) < 4.78 is 2.41. The van der Waals surface area contributed by atoms with E-state index in [1.165, 1.54) is 69.5 Å². The van der Waals surface area contributed by atoms with Crippen LogP contribution in [0.25, 0.3) is 10.8 Å². The van der Waals surface area contributed by atoms with Crippen LogP contribution in [-0.4, -0.2) is 23.9 Å². The quantitative estimate of drug-likeness (QED) is 0.160. The standard InChI is InChI=1S/C39H43N2/c1-6-7-15-27-41-34-22-14-13-21-32(34)39(4,28-29-17-9-8-10-18-29)36(41)24-16-23-35-38(2,3)33-26-25-30-19-11-12-20-31(30)37(33)40(35)5/h8-14,16-26H,6-7,15,27-28H2,1-5H3/q+1. The molecule has 2 aliphatic heterocycles. The molecular formula is C39H43N2+. The molecule has 208 valence electrons. The van der Waals surface area contributed by atoms with Crippen molar-refractivity contribution >= 4 is 27.9 Å². The van der Waals surface area contributed by atoms with Gasteiger partial charge in [-0.25, -0.2) is 0 Å². The number of nitrogens with zero attached hydrogens (tertiary/aromatic N) is 2. The summed E-state index contributed by atoms with van der Waals surface area (Å²) in [5, 5.41) is 2.62. The van der Waals surface area contributed by atoms with Gasteiger partial charge in [0.15, 0.2) is 5.71 Å². The van der Waals surface area contributed by atoms with Gasteiger partial charge in [0.1, 0.15) is 7.05 Å². The average Bonchev–Trinajstić information content (AvgIpc) is 3.33. The second-order valence-corrected chi connectivity index (χ2v) is 12.5. The first-order chi connectivity index (χ1) is 19.9. The van der Waals surface area contributed by atoms with Gasteiger partial charge < -0.3 is 4.90 Å². The Hall–Kier alpha value is -3.91. The highest BCUT2D eigenvalue weighted by Gasteiger charge is 2.45.